The number of para-hydroxylation sites is 2. The monoisotopic (exact) mass is 286 g/mol. The van der Waals surface area contributed by atoms with Gasteiger partial charge in [0.2, 0.25) is 0 Å². The Morgan fingerprint density at radius 3 is 2.48 bits per heavy atom. The van der Waals surface area contributed by atoms with Gasteiger partial charge in [0.25, 0.3) is 0 Å². The Bertz CT molecular complexity index is 629. The molecule has 1 aromatic heterocycles. The van der Waals surface area contributed by atoms with E-state index in [9.17, 15) is 4.79 Å². The number of hydrogen-bond donors (Lipinski definition) is 1. The van der Waals surface area contributed by atoms with E-state index in [0.29, 0.717) is 13.1 Å². The van der Waals surface area contributed by atoms with Crippen LogP contribution in [0.5, 0.6) is 0 Å². The quantitative estimate of drug-likeness (QED) is 0.937. The molecule has 0 unspecified atom stereocenters. The van der Waals surface area contributed by atoms with Crippen molar-refractivity contribution in [2.24, 2.45) is 0 Å². The van der Waals surface area contributed by atoms with Crippen LogP contribution in [-0.2, 0) is 0 Å². The highest BCUT2D eigenvalue weighted by Crippen LogP contribution is 2.21. The van der Waals surface area contributed by atoms with E-state index < -0.39 is 0 Å². The molecule has 0 spiro atoms. The molecule has 1 N–H and O–H groups in total. The first-order chi connectivity index (χ1) is 10.1. The molecule has 2 amide bonds. The minimum absolute atomic E-state index is 0.0889. The Labute approximate surface area is 125 Å². The smallest absolute Gasteiger partial charge is 0.321 e. The number of carbonyl (C=O) groups excluding carboxylic acids is 1. The lowest BCUT2D eigenvalue weighted by Crippen LogP contribution is -2.34. The van der Waals surface area contributed by atoms with Crippen molar-refractivity contribution in [3.63, 3.8) is 0 Å². The SMILES string of the molecule is CCN(CC)C(=O)Nc1ccccc1-n1nc(C)cc1C. The van der Waals surface area contributed by atoms with Gasteiger partial charge in [-0.2, -0.15) is 5.10 Å². The standard InChI is InChI=1S/C16H22N4O/c1-5-19(6-2)16(21)17-14-9-7-8-10-15(14)20-13(4)11-12(3)18-20/h7-11H,5-6H2,1-4H3,(H,17,21). The molecule has 0 bridgehead atoms. The molecule has 0 saturated carbocycles. The summed E-state index contributed by atoms with van der Waals surface area (Å²) in [6, 6.07) is 9.63. The minimum Gasteiger partial charge on any atom is -0.325 e. The third-order valence-corrected chi connectivity index (χ3v) is 3.43. The summed E-state index contributed by atoms with van der Waals surface area (Å²) < 4.78 is 1.85. The molecule has 5 heteroatoms. The molecule has 2 rings (SSSR count). The van der Waals surface area contributed by atoms with Crippen molar-refractivity contribution >= 4 is 11.7 Å². The van der Waals surface area contributed by atoms with Crippen molar-refractivity contribution in [3.8, 4) is 5.69 Å². The summed E-state index contributed by atoms with van der Waals surface area (Å²) in [5, 5.41) is 7.46. The number of urea groups is 1. The fraction of sp³-hybridized carbons (Fsp3) is 0.375. The molecule has 0 fully saturated rings. The van der Waals surface area contributed by atoms with Crippen LogP contribution in [0.2, 0.25) is 0 Å². The predicted octanol–water partition coefficient (Wildman–Crippen LogP) is 3.36. The Hall–Kier alpha value is -2.30. The van der Waals surface area contributed by atoms with Crippen molar-refractivity contribution in [2.45, 2.75) is 27.7 Å². The van der Waals surface area contributed by atoms with Crippen molar-refractivity contribution in [3.05, 3.63) is 41.7 Å². The lowest BCUT2D eigenvalue weighted by atomic mass is 10.2. The van der Waals surface area contributed by atoms with Gasteiger partial charge < -0.3 is 10.2 Å². The lowest BCUT2D eigenvalue weighted by molar-refractivity contribution is 0.217. The van der Waals surface area contributed by atoms with Crippen LogP contribution in [0, 0.1) is 13.8 Å². The maximum atomic E-state index is 12.2. The third kappa shape index (κ3) is 3.24. The average molecular weight is 286 g/mol. The molecule has 1 aromatic carbocycles. The molecule has 5 nitrogen and oxygen atoms in total. The van der Waals surface area contributed by atoms with Gasteiger partial charge in [-0.1, -0.05) is 12.1 Å². The zero-order valence-electron chi connectivity index (χ0n) is 13.1. The zero-order chi connectivity index (χ0) is 15.4. The second kappa shape index (κ2) is 6.43. The molecule has 0 atom stereocenters. The summed E-state index contributed by atoms with van der Waals surface area (Å²) in [5.74, 6) is 0. The number of amides is 2. The van der Waals surface area contributed by atoms with E-state index in [2.05, 4.69) is 10.4 Å². The van der Waals surface area contributed by atoms with Gasteiger partial charge in [0.1, 0.15) is 0 Å². The van der Waals surface area contributed by atoms with E-state index >= 15 is 0 Å². The molecule has 21 heavy (non-hydrogen) atoms. The third-order valence-electron chi connectivity index (χ3n) is 3.43. The van der Waals surface area contributed by atoms with Crippen LogP contribution in [-0.4, -0.2) is 33.8 Å². The van der Waals surface area contributed by atoms with Crippen LogP contribution in [0.1, 0.15) is 25.2 Å². The highest BCUT2D eigenvalue weighted by Gasteiger charge is 2.13. The molecule has 2 aromatic rings. The van der Waals surface area contributed by atoms with Crippen LogP contribution in [0.3, 0.4) is 0 Å². The van der Waals surface area contributed by atoms with E-state index in [0.717, 1.165) is 22.8 Å². The number of aromatic nitrogens is 2. The van der Waals surface area contributed by atoms with Gasteiger partial charge in [0, 0.05) is 18.8 Å². The van der Waals surface area contributed by atoms with Gasteiger partial charge in [-0.3, -0.25) is 0 Å². The normalized spacial score (nSPS) is 10.5. The van der Waals surface area contributed by atoms with Crippen molar-refractivity contribution in [1.29, 1.82) is 0 Å². The molecular formula is C16H22N4O. The lowest BCUT2D eigenvalue weighted by Gasteiger charge is -2.20. The topological polar surface area (TPSA) is 50.2 Å². The van der Waals surface area contributed by atoms with Gasteiger partial charge in [-0.15, -0.1) is 0 Å². The number of aryl methyl sites for hydroxylation is 2. The Morgan fingerprint density at radius 2 is 1.90 bits per heavy atom. The zero-order valence-corrected chi connectivity index (χ0v) is 13.1. The number of hydrogen-bond acceptors (Lipinski definition) is 2. The Balaban J connectivity index is 2.34. The highest BCUT2D eigenvalue weighted by atomic mass is 16.2. The maximum Gasteiger partial charge on any atom is 0.321 e. The fourth-order valence-corrected chi connectivity index (χ4v) is 2.34. The van der Waals surface area contributed by atoms with Crippen LogP contribution in [0.25, 0.3) is 5.69 Å². The molecule has 1 heterocycles. The average Bonchev–Trinajstić information content (AvgIpc) is 2.79. The van der Waals surface area contributed by atoms with Crippen LogP contribution in [0.4, 0.5) is 10.5 Å². The summed E-state index contributed by atoms with van der Waals surface area (Å²) in [5.41, 5.74) is 3.64. The number of benzene rings is 1. The Kier molecular flexibility index (Phi) is 4.62. The minimum atomic E-state index is -0.0889. The van der Waals surface area contributed by atoms with Gasteiger partial charge in [-0.25, -0.2) is 9.48 Å². The second-order valence-corrected chi connectivity index (χ2v) is 4.96. The summed E-state index contributed by atoms with van der Waals surface area (Å²) >= 11 is 0. The summed E-state index contributed by atoms with van der Waals surface area (Å²) in [6.07, 6.45) is 0. The van der Waals surface area contributed by atoms with Crippen LogP contribution in [0.15, 0.2) is 30.3 Å². The molecular weight excluding hydrogens is 264 g/mol. The van der Waals surface area contributed by atoms with E-state index in [1.807, 2.05) is 62.7 Å². The summed E-state index contributed by atoms with van der Waals surface area (Å²) in [7, 11) is 0. The van der Waals surface area contributed by atoms with Crippen LogP contribution >= 0.6 is 0 Å². The maximum absolute atomic E-state index is 12.2. The van der Waals surface area contributed by atoms with Gasteiger partial charge >= 0.3 is 6.03 Å². The number of anilines is 1. The first-order valence-corrected chi connectivity index (χ1v) is 7.25. The number of nitrogens with zero attached hydrogens (tertiary/aromatic N) is 3. The van der Waals surface area contributed by atoms with E-state index in [1.165, 1.54) is 0 Å². The van der Waals surface area contributed by atoms with E-state index in [1.54, 1.807) is 4.90 Å². The number of nitrogens with one attached hydrogen (secondary N) is 1. The van der Waals surface area contributed by atoms with Gasteiger partial charge in [0.15, 0.2) is 0 Å². The van der Waals surface area contributed by atoms with E-state index in [-0.39, 0.29) is 6.03 Å². The first-order valence-electron chi connectivity index (χ1n) is 7.25. The first kappa shape index (κ1) is 15.1. The van der Waals surface area contributed by atoms with Crippen molar-refractivity contribution in [2.75, 3.05) is 18.4 Å². The largest absolute Gasteiger partial charge is 0.325 e. The predicted molar refractivity (Wildman–Crippen MR) is 85.0 cm³/mol. The number of carbonyl (C=O) groups is 1. The van der Waals surface area contributed by atoms with Gasteiger partial charge in [0.05, 0.1) is 17.1 Å². The highest BCUT2D eigenvalue weighted by molar-refractivity contribution is 5.91. The molecule has 0 aliphatic heterocycles. The van der Waals surface area contributed by atoms with Gasteiger partial charge in [-0.05, 0) is 45.9 Å². The Morgan fingerprint density at radius 1 is 1.24 bits per heavy atom. The van der Waals surface area contributed by atoms with Crippen LogP contribution < -0.4 is 5.32 Å². The molecule has 0 aliphatic carbocycles. The molecule has 112 valence electrons. The summed E-state index contributed by atoms with van der Waals surface area (Å²) in [6.45, 7) is 9.27. The van der Waals surface area contributed by atoms with E-state index in [4.69, 9.17) is 0 Å². The van der Waals surface area contributed by atoms with Crippen molar-refractivity contribution in [1.82, 2.24) is 14.7 Å². The molecule has 0 aliphatic rings. The molecule has 0 saturated heterocycles. The fourth-order valence-electron chi connectivity index (χ4n) is 2.34. The number of rotatable bonds is 4. The summed E-state index contributed by atoms with van der Waals surface area (Å²) in [4.78, 5) is 14.0. The molecule has 0 radical (unpaired) electrons. The van der Waals surface area contributed by atoms with Crippen molar-refractivity contribution < 1.29 is 4.79 Å². The second-order valence-electron chi connectivity index (χ2n) is 4.96.